The molecule has 5 nitrogen and oxygen atoms in total. The maximum atomic E-state index is 13.4. The Morgan fingerprint density at radius 3 is 2.13 bits per heavy atom. The van der Waals surface area contributed by atoms with Crippen LogP contribution in [0.25, 0.3) is 0 Å². The third-order valence-electron chi connectivity index (χ3n) is 7.17. The number of likely N-dealkylation sites (tertiary alicyclic amines) is 1. The molecule has 0 N–H and O–H groups in total. The van der Waals surface area contributed by atoms with Gasteiger partial charge in [0, 0.05) is 5.69 Å². The number of benzene rings is 1. The average Bonchev–Trinajstić information content (AvgIpc) is 3.45. The topological polar surface area (TPSA) is 57.7 Å². The van der Waals surface area contributed by atoms with Crippen LogP contribution in [0.1, 0.15) is 17.5 Å². The van der Waals surface area contributed by atoms with Gasteiger partial charge in [0.05, 0.1) is 11.8 Å². The highest BCUT2D eigenvalue weighted by Gasteiger charge is 2.67. The Bertz CT molecular complexity index is 966. The van der Waals surface area contributed by atoms with Crippen molar-refractivity contribution >= 4 is 23.4 Å². The number of amides is 3. The fourth-order valence-corrected chi connectivity index (χ4v) is 5.81. The maximum Gasteiger partial charge on any atom is 0.471 e. The van der Waals surface area contributed by atoms with Gasteiger partial charge in [0.25, 0.3) is 0 Å². The molecule has 5 aliphatic rings. The molecule has 30 heavy (non-hydrogen) atoms. The van der Waals surface area contributed by atoms with Crippen LogP contribution < -0.4 is 4.90 Å². The van der Waals surface area contributed by atoms with Crippen molar-refractivity contribution in [2.45, 2.75) is 26.4 Å². The van der Waals surface area contributed by atoms with Gasteiger partial charge in [-0.2, -0.15) is 13.2 Å². The van der Waals surface area contributed by atoms with Gasteiger partial charge in [-0.3, -0.25) is 24.2 Å². The number of nitrogens with zero attached hydrogens (tertiary/aromatic N) is 2. The van der Waals surface area contributed by atoms with E-state index in [1.807, 2.05) is 12.2 Å². The lowest BCUT2D eigenvalue weighted by Crippen LogP contribution is -2.49. The van der Waals surface area contributed by atoms with Crippen LogP contribution in [0.5, 0.6) is 0 Å². The van der Waals surface area contributed by atoms with Crippen LogP contribution >= 0.6 is 0 Å². The van der Waals surface area contributed by atoms with Gasteiger partial charge in [0.2, 0.25) is 11.8 Å². The second-order valence-corrected chi connectivity index (χ2v) is 8.92. The molecule has 2 saturated carbocycles. The van der Waals surface area contributed by atoms with Crippen LogP contribution in [0.2, 0.25) is 0 Å². The molecule has 2 bridgehead atoms. The summed E-state index contributed by atoms with van der Waals surface area (Å²) in [6, 6.07) is 4.69. The van der Waals surface area contributed by atoms with Crippen molar-refractivity contribution in [3.05, 3.63) is 41.5 Å². The summed E-state index contributed by atoms with van der Waals surface area (Å²) < 4.78 is 40.1. The number of alkyl halides is 3. The van der Waals surface area contributed by atoms with E-state index in [1.165, 1.54) is 6.07 Å². The van der Waals surface area contributed by atoms with Crippen molar-refractivity contribution < 1.29 is 27.6 Å². The minimum atomic E-state index is -5.13. The van der Waals surface area contributed by atoms with Gasteiger partial charge in [-0.15, -0.1) is 0 Å². The Labute approximate surface area is 171 Å². The number of imide groups is 1. The lowest BCUT2D eigenvalue weighted by atomic mass is 9.63. The van der Waals surface area contributed by atoms with Gasteiger partial charge in [-0.1, -0.05) is 29.8 Å². The molecule has 0 radical (unpaired) electrons. The first kappa shape index (κ1) is 19.3. The Morgan fingerprint density at radius 2 is 1.63 bits per heavy atom. The highest BCUT2D eigenvalue weighted by atomic mass is 19.4. The SMILES string of the molecule is Cc1ccc(N(CN2C(=O)[C@@H]3[C@H]4C=C[C@@H]([C@@H]5C[C@@H]45)[C@H]3C2=O)C(=O)C(F)(F)F)c(C)c1. The molecule has 0 aromatic heterocycles. The largest absolute Gasteiger partial charge is 0.471 e. The van der Waals surface area contributed by atoms with Crippen molar-refractivity contribution in [1.29, 1.82) is 0 Å². The Hall–Kier alpha value is -2.64. The number of anilines is 1. The van der Waals surface area contributed by atoms with Crippen LogP contribution in [0.15, 0.2) is 30.4 Å². The normalized spacial score (nSPS) is 33.6. The van der Waals surface area contributed by atoms with Crippen LogP contribution in [-0.4, -0.2) is 35.5 Å². The molecule has 1 aromatic rings. The lowest BCUT2D eigenvalue weighted by molar-refractivity contribution is -0.171. The summed E-state index contributed by atoms with van der Waals surface area (Å²) >= 11 is 0. The Balaban J connectivity index is 1.49. The van der Waals surface area contributed by atoms with Crippen molar-refractivity contribution in [2.24, 2.45) is 35.5 Å². The zero-order valence-electron chi connectivity index (χ0n) is 16.5. The highest BCUT2D eigenvalue weighted by molar-refractivity contribution is 6.07. The van der Waals surface area contributed by atoms with Crippen LogP contribution in [0.4, 0.5) is 18.9 Å². The average molecular weight is 418 g/mol. The first-order chi connectivity index (χ1) is 14.1. The quantitative estimate of drug-likeness (QED) is 0.560. The molecule has 1 aromatic carbocycles. The van der Waals surface area contributed by atoms with E-state index in [0.29, 0.717) is 22.3 Å². The summed E-state index contributed by atoms with van der Waals surface area (Å²) in [5.74, 6) is -3.31. The molecular formula is C22H21F3N2O3. The van der Waals surface area contributed by atoms with Crippen molar-refractivity contribution in [1.82, 2.24) is 4.90 Å². The smallest absolute Gasteiger partial charge is 0.286 e. The zero-order chi connectivity index (χ0) is 21.5. The van der Waals surface area contributed by atoms with E-state index in [0.717, 1.165) is 16.9 Å². The summed E-state index contributed by atoms with van der Waals surface area (Å²) in [7, 11) is 0. The van der Waals surface area contributed by atoms with E-state index < -0.39 is 42.4 Å². The first-order valence-electron chi connectivity index (χ1n) is 10.1. The van der Waals surface area contributed by atoms with Crippen LogP contribution in [-0.2, 0) is 14.4 Å². The molecule has 8 heteroatoms. The summed E-state index contributed by atoms with van der Waals surface area (Å²) in [6.07, 6.45) is -0.135. The van der Waals surface area contributed by atoms with E-state index in [9.17, 15) is 27.6 Å². The van der Waals surface area contributed by atoms with Gasteiger partial charge in [0.1, 0.15) is 6.67 Å². The van der Waals surface area contributed by atoms with Gasteiger partial charge in [-0.05, 0) is 55.6 Å². The van der Waals surface area contributed by atoms with Crippen LogP contribution in [0, 0.1) is 49.4 Å². The molecule has 1 heterocycles. The summed E-state index contributed by atoms with van der Waals surface area (Å²) in [4.78, 5) is 39.9. The summed E-state index contributed by atoms with van der Waals surface area (Å²) in [5.41, 5.74) is 1.34. The Morgan fingerprint density at radius 1 is 1.07 bits per heavy atom. The van der Waals surface area contributed by atoms with E-state index in [4.69, 9.17) is 0 Å². The molecule has 3 amide bonds. The van der Waals surface area contributed by atoms with Crippen molar-refractivity contribution in [3.8, 4) is 0 Å². The van der Waals surface area contributed by atoms with Gasteiger partial charge < -0.3 is 0 Å². The fourth-order valence-electron chi connectivity index (χ4n) is 5.81. The van der Waals surface area contributed by atoms with Crippen LogP contribution in [0.3, 0.4) is 0 Å². The molecule has 4 aliphatic carbocycles. The summed E-state index contributed by atoms with van der Waals surface area (Å²) in [5, 5.41) is 0. The molecule has 158 valence electrons. The van der Waals surface area contributed by atoms with Gasteiger partial charge in [-0.25, -0.2) is 0 Å². The fraction of sp³-hybridized carbons (Fsp3) is 0.500. The number of halogens is 3. The number of hydrogen-bond acceptors (Lipinski definition) is 3. The van der Waals surface area contributed by atoms with Gasteiger partial charge >= 0.3 is 12.1 Å². The molecule has 1 saturated heterocycles. The number of carbonyl (C=O) groups is 3. The van der Waals surface area contributed by atoms with E-state index in [-0.39, 0.29) is 17.5 Å². The number of hydrogen-bond donors (Lipinski definition) is 0. The molecule has 1 aliphatic heterocycles. The summed E-state index contributed by atoms with van der Waals surface area (Å²) in [6.45, 7) is 2.67. The molecule has 6 rings (SSSR count). The predicted octanol–water partition coefficient (Wildman–Crippen LogP) is 3.21. The number of rotatable bonds is 3. The maximum absolute atomic E-state index is 13.4. The lowest BCUT2D eigenvalue weighted by Gasteiger charge is -2.37. The second-order valence-electron chi connectivity index (χ2n) is 8.92. The second kappa shape index (κ2) is 6.18. The molecule has 0 spiro atoms. The standard InChI is InChI=1S/C22H21F3N2O3/c1-10-3-6-16(11(2)7-10)26(21(30)22(23,24)25)9-27-19(28)17-12-4-5-13(15-8-14(12)15)18(17)20(27)29/h3-7,12-15,17-18H,8-9H2,1-2H3/t12-,13-,14-,15-,17+,18+/m0/s1. The number of allylic oxidation sites excluding steroid dienone is 2. The zero-order valence-corrected chi connectivity index (χ0v) is 16.5. The Kier molecular flexibility index (Phi) is 3.98. The number of aryl methyl sites for hydroxylation is 2. The monoisotopic (exact) mass is 418 g/mol. The third-order valence-corrected chi connectivity index (χ3v) is 7.17. The molecule has 6 atom stereocenters. The highest BCUT2D eigenvalue weighted by Crippen LogP contribution is 2.65. The van der Waals surface area contributed by atoms with E-state index >= 15 is 0 Å². The third kappa shape index (κ3) is 2.65. The molecule has 3 fully saturated rings. The van der Waals surface area contributed by atoms with E-state index in [1.54, 1.807) is 26.0 Å². The first-order valence-corrected chi connectivity index (χ1v) is 10.1. The van der Waals surface area contributed by atoms with Gasteiger partial charge in [0.15, 0.2) is 0 Å². The minimum Gasteiger partial charge on any atom is -0.286 e. The molecule has 0 unspecified atom stereocenters. The predicted molar refractivity (Wildman–Crippen MR) is 101 cm³/mol. The van der Waals surface area contributed by atoms with Crippen molar-refractivity contribution in [2.75, 3.05) is 11.6 Å². The van der Waals surface area contributed by atoms with E-state index in [2.05, 4.69) is 0 Å². The van der Waals surface area contributed by atoms with Crippen molar-refractivity contribution in [3.63, 3.8) is 0 Å². The molecular weight excluding hydrogens is 397 g/mol. The minimum absolute atomic E-state index is 0.0284. The number of carbonyl (C=O) groups excluding carboxylic acids is 3.